The maximum Gasteiger partial charge on any atom is 0.185 e. The number of piperidine rings is 1. The third-order valence-electron chi connectivity index (χ3n) is 3.18. The molecule has 16 heavy (non-hydrogen) atoms. The minimum Gasteiger partial charge on any atom is -0.348 e. The van der Waals surface area contributed by atoms with Gasteiger partial charge in [-0.3, -0.25) is 0 Å². The molecule has 1 aliphatic heterocycles. The van der Waals surface area contributed by atoms with E-state index in [1.807, 2.05) is 6.92 Å². The van der Waals surface area contributed by atoms with E-state index in [0.29, 0.717) is 6.42 Å². The summed E-state index contributed by atoms with van der Waals surface area (Å²) in [5.41, 5.74) is 1.03. The summed E-state index contributed by atoms with van der Waals surface area (Å²) in [6.45, 7) is 6.53. The van der Waals surface area contributed by atoms with E-state index in [4.69, 9.17) is 5.26 Å². The van der Waals surface area contributed by atoms with Crippen LogP contribution in [-0.4, -0.2) is 18.1 Å². The number of nitriles is 1. The molecule has 0 N–H and O–H groups in total. The molecular formula is C12H17N3S. The summed E-state index contributed by atoms with van der Waals surface area (Å²) in [4.78, 5) is 8.05. The van der Waals surface area contributed by atoms with Crippen LogP contribution in [0, 0.1) is 24.2 Å². The fourth-order valence-corrected chi connectivity index (χ4v) is 3.03. The molecule has 0 aromatic carbocycles. The zero-order chi connectivity index (χ0) is 11.5. The molecule has 1 aromatic heterocycles. The Hall–Kier alpha value is -1.08. The molecule has 0 amide bonds. The average molecular weight is 235 g/mol. The van der Waals surface area contributed by atoms with Crippen molar-refractivity contribution >= 4 is 16.5 Å². The first-order chi connectivity index (χ1) is 7.70. The lowest BCUT2D eigenvalue weighted by molar-refractivity contribution is 0.438. The lowest BCUT2D eigenvalue weighted by Crippen LogP contribution is -2.32. The summed E-state index contributed by atoms with van der Waals surface area (Å²) < 4.78 is 0. The molecule has 4 heteroatoms. The van der Waals surface area contributed by atoms with Gasteiger partial charge in [0.2, 0.25) is 0 Å². The van der Waals surface area contributed by atoms with Crippen LogP contribution in [0.4, 0.5) is 5.13 Å². The monoisotopic (exact) mass is 235 g/mol. The number of thiazole rings is 1. The number of rotatable bonds is 2. The summed E-state index contributed by atoms with van der Waals surface area (Å²) in [6.07, 6.45) is 3.01. The molecule has 0 unspecified atom stereocenters. The van der Waals surface area contributed by atoms with Crippen LogP contribution in [0.1, 0.15) is 30.3 Å². The van der Waals surface area contributed by atoms with Crippen molar-refractivity contribution in [3.63, 3.8) is 0 Å². The fraction of sp³-hybridized carbons (Fsp3) is 0.667. The van der Waals surface area contributed by atoms with E-state index >= 15 is 0 Å². The smallest absolute Gasteiger partial charge is 0.185 e. The molecule has 86 valence electrons. The van der Waals surface area contributed by atoms with Crippen molar-refractivity contribution in [2.45, 2.75) is 33.1 Å². The molecular weight excluding hydrogens is 218 g/mol. The Bertz CT molecular complexity index is 397. The summed E-state index contributed by atoms with van der Waals surface area (Å²) in [5, 5.41) is 9.82. The molecule has 3 nitrogen and oxygen atoms in total. The van der Waals surface area contributed by atoms with E-state index in [-0.39, 0.29) is 0 Å². The van der Waals surface area contributed by atoms with Crippen molar-refractivity contribution in [3.05, 3.63) is 10.6 Å². The van der Waals surface area contributed by atoms with Crippen LogP contribution < -0.4 is 4.90 Å². The molecule has 0 atom stereocenters. The first kappa shape index (κ1) is 11.4. The molecule has 1 fully saturated rings. The van der Waals surface area contributed by atoms with Crippen LogP contribution in [0.5, 0.6) is 0 Å². The van der Waals surface area contributed by atoms with Crippen LogP contribution in [0.25, 0.3) is 0 Å². The van der Waals surface area contributed by atoms with Gasteiger partial charge in [0.15, 0.2) is 5.13 Å². The van der Waals surface area contributed by atoms with Gasteiger partial charge < -0.3 is 4.90 Å². The van der Waals surface area contributed by atoms with E-state index in [9.17, 15) is 0 Å². The maximum atomic E-state index is 8.71. The lowest BCUT2D eigenvalue weighted by Gasteiger charge is -2.29. The van der Waals surface area contributed by atoms with Crippen LogP contribution >= 0.6 is 11.3 Å². The highest BCUT2D eigenvalue weighted by Gasteiger charge is 2.19. The molecule has 0 radical (unpaired) electrons. The zero-order valence-electron chi connectivity index (χ0n) is 9.86. The molecule has 1 saturated heterocycles. The van der Waals surface area contributed by atoms with Gasteiger partial charge in [-0.15, -0.1) is 11.3 Å². The van der Waals surface area contributed by atoms with Crippen molar-refractivity contribution in [2.24, 2.45) is 5.92 Å². The highest BCUT2D eigenvalue weighted by molar-refractivity contribution is 7.15. The van der Waals surface area contributed by atoms with E-state index in [1.165, 1.54) is 12.8 Å². The van der Waals surface area contributed by atoms with Crippen molar-refractivity contribution in [1.82, 2.24) is 4.98 Å². The van der Waals surface area contributed by atoms with Crippen LogP contribution in [0.2, 0.25) is 0 Å². The van der Waals surface area contributed by atoms with Crippen molar-refractivity contribution in [1.29, 1.82) is 5.26 Å². The quantitative estimate of drug-likeness (QED) is 0.791. The van der Waals surface area contributed by atoms with E-state index < -0.39 is 0 Å². The maximum absolute atomic E-state index is 8.71. The third-order valence-corrected chi connectivity index (χ3v) is 4.39. The van der Waals surface area contributed by atoms with Crippen LogP contribution in [0.15, 0.2) is 0 Å². The van der Waals surface area contributed by atoms with Gasteiger partial charge >= 0.3 is 0 Å². The SMILES string of the molecule is Cc1nc(N2CCC(C)CC2)sc1CC#N. The minimum atomic E-state index is 0.494. The second kappa shape index (κ2) is 4.84. The number of aryl methyl sites for hydroxylation is 1. The highest BCUT2D eigenvalue weighted by Crippen LogP contribution is 2.29. The Morgan fingerprint density at radius 2 is 2.19 bits per heavy atom. The Morgan fingerprint density at radius 3 is 2.81 bits per heavy atom. The van der Waals surface area contributed by atoms with Crippen molar-refractivity contribution in [2.75, 3.05) is 18.0 Å². The predicted octanol–water partition coefficient (Wildman–Crippen LogP) is 2.75. The largest absolute Gasteiger partial charge is 0.348 e. The Balaban J connectivity index is 2.09. The molecule has 2 heterocycles. The molecule has 1 aromatic rings. The molecule has 0 spiro atoms. The minimum absolute atomic E-state index is 0.494. The standard InChI is InChI=1S/C12H17N3S/c1-9-4-7-15(8-5-9)12-14-10(2)11(16-12)3-6-13/h9H,3-5,7-8H2,1-2H3. The van der Waals surface area contributed by atoms with Crippen LogP contribution in [0.3, 0.4) is 0 Å². The van der Waals surface area contributed by atoms with Gasteiger partial charge in [0.25, 0.3) is 0 Å². The number of aromatic nitrogens is 1. The highest BCUT2D eigenvalue weighted by atomic mass is 32.1. The first-order valence-electron chi connectivity index (χ1n) is 5.79. The van der Waals surface area contributed by atoms with Gasteiger partial charge in [-0.1, -0.05) is 6.92 Å². The number of hydrogen-bond acceptors (Lipinski definition) is 4. The van der Waals surface area contributed by atoms with Gasteiger partial charge in [0.1, 0.15) is 0 Å². The summed E-state index contributed by atoms with van der Waals surface area (Å²) in [6, 6.07) is 2.20. The normalized spacial score (nSPS) is 17.4. The van der Waals surface area contributed by atoms with Crippen LogP contribution in [-0.2, 0) is 6.42 Å². The zero-order valence-corrected chi connectivity index (χ0v) is 10.7. The Kier molecular flexibility index (Phi) is 3.45. The molecule has 2 rings (SSSR count). The van der Waals surface area contributed by atoms with Gasteiger partial charge in [-0.05, 0) is 25.7 Å². The third kappa shape index (κ3) is 2.35. The number of nitrogens with zero attached hydrogens (tertiary/aromatic N) is 3. The molecule has 0 aliphatic carbocycles. The van der Waals surface area contributed by atoms with Gasteiger partial charge in [0, 0.05) is 18.0 Å². The summed E-state index contributed by atoms with van der Waals surface area (Å²) >= 11 is 1.68. The fourth-order valence-electron chi connectivity index (χ4n) is 1.98. The topological polar surface area (TPSA) is 39.9 Å². The summed E-state index contributed by atoms with van der Waals surface area (Å²) in [7, 11) is 0. The van der Waals surface area contributed by atoms with Gasteiger partial charge in [-0.2, -0.15) is 5.26 Å². The van der Waals surface area contributed by atoms with E-state index in [2.05, 4.69) is 22.9 Å². The van der Waals surface area contributed by atoms with Gasteiger partial charge in [-0.25, -0.2) is 4.98 Å². The number of hydrogen-bond donors (Lipinski definition) is 0. The lowest BCUT2D eigenvalue weighted by atomic mass is 10.00. The first-order valence-corrected chi connectivity index (χ1v) is 6.60. The van der Waals surface area contributed by atoms with Gasteiger partial charge in [0.05, 0.1) is 18.2 Å². The van der Waals surface area contributed by atoms with E-state index in [0.717, 1.165) is 34.7 Å². The average Bonchev–Trinajstić information content (AvgIpc) is 2.62. The van der Waals surface area contributed by atoms with Crippen molar-refractivity contribution in [3.8, 4) is 6.07 Å². The summed E-state index contributed by atoms with van der Waals surface area (Å²) in [5.74, 6) is 0.843. The predicted molar refractivity (Wildman–Crippen MR) is 66.8 cm³/mol. The molecule has 0 saturated carbocycles. The van der Waals surface area contributed by atoms with E-state index in [1.54, 1.807) is 11.3 Å². The Morgan fingerprint density at radius 1 is 1.50 bits per heavy atom. The second-order valence-corrected chi connectivity index (χ2v) is 5.57. The second-order valence-electron chi connectivity index (χ2n) is 4.51. The van der Waals surface area contributed by atoms with Crippen molar-refractivity contribution < 1.29 is 0 Å². The number of anilines is 1. The molecule has 0 bridgehead atoms. The Labute approximate surface area is 101 Å². The molecule has 1 aliphatic rings.